The summed E-state index contributed by atoms with van der Waals surface area (Å²) in [6, 6.07) is 10.0. The van der Waals surface area contributed by atoms with Gasteiger partial charge < -0.3 is 10.8 Å². The number of carboxylic acid groups (broad SMARTS) is 1. The van der Waals surface area contributed by atoms with Gasteiger partial charge >= 0.3 is 5.97 Å². The molecule has 0 amide bonds. The van der Waals surface area contributed by atoms with Crippen molar-refractivity contribution >= 4 is 44.3 Å². The van der Waals surface area contributed by atoms with E-state index in [2.05, 4.69) is 32.1 Å². The van der Waals surface area contributed by atoms with Gasteiger partial charge in [0.05, 0.1) is 27.8 Å². The number of fused-ring (bicyclic) bond motifs is 2. The van der Waals surface area contributed by atoms with Crippen LogP contribution in [0.2, 0.25) is 0 Å². The summed E-state index contributed by atoms with van der Waals surface area (Å²) in [5.74, 6) is -0.299. The van der Waals surface area contributed by atoms with Crippen LogP contribution in [-0.2, 0) is 4.79 Å². The number of pyridine rings is 1. The normalized spacial score (nSPS) is 19.4. The maximum atomic E-state index is 11.3. The molecule has 0 saturated heterocycles. The van der Waals surface area contributed by atoms with Crippen molar-refractivity contribution in [1.29, 1.82) is 0 Å². The lowest BCUT2D eigenvalue weighted by atomic mass is 9.80. The fraction of sp³-hybridized carbons (Fsp3) is 0.273. The molecular formula is C22H20BrN5O2. The molecule has 1 aliphatic carbocycles. The molecule has 1 fully saturated rings. The Balaban J connectivity index is 1.59. The number of carboxylic acids is 1. The Morgan fingerprint density at radius 3 is 2.77 bits per heavy atom. The lowest BCUT2D eigenvalue weighted by Gasteiger charge is -2.26. The van der Waals surface area contributed by atoms with Crippen LogP contribution in [0.5, 0.6) is 0 Å². The van der Waals surface area contributed by atoms with Crippen molar-refractivity contribution < 1.29 is 9.90 Å². The highest BCUT2D eigenvalue weighted by Crippen LogP contribution is 2.40. The molecule has 1 aromatic carbocycles. The van der Waals surface area contributed by atoms with E-state index < -0.39 is 5.97 Å². The summed E-state index contributed by atoms with van der Waals surface area (Å²) < 4.78 is 2.39. The zero-order valence-corrected chi connectivity index (χ0v) is 17.7. The topological polar surface area (TPSA) is 106 Å². The van der Waals surface area contributed by atoms with Crippen LogP contribution in [0, 0.1) is 5.92 Å². The first-order valence-electron chi connectivity index (χ1n) is 9.93. The average Bonchev–Trinajstić information content (AvgIpc) is 3.20. The molecule has 4 aromatic rings. The molecule has 3 aromatic heterocycles. The van der Waals surface area contributed by atoms with E-state index in [1.165, 1.54) is 0 Å². The summed E-state index contributed by atoms with van der Waals surface area (Å²) in [6.45, 7) is 0. The van der Waals surface area contributed by atoms with Crippen molar-refractivity contribution in [3.63, 3.8) is 0 Å². The van der Waals surface area contributed by atoms with E-state index in [4.69, 9.17) is 10.7 Å². The second-order valence-corrected chi connectivity index (χ2v) is 8.58. The van der Waals surface area contributed by atoms with Crippen LogP contribution < -0.4 is 5.73 Å². The van der Waals surface area contributed by atoms with Crippen molar-refractivity contribution in [2.75, 3.05) is 5.73 Å². The summed E-state index contributed by atoms with van der Waals surface area (Å²) in [5.41, 5.74) is 10.8. The van der Waals surface area contributed by atoms with Crippen molar-refractivity contribution in [3.8, 4) is 11.1 Å². The molecule has 0 radical (unpaired) electrons. The molecule has 3 heterocycles. The predicted octanol–water partition coefficient (Wildman–Crippen LogP) is 4.65. The molecule has 0 atom stereocenters. The van der Waals surface area contributed by atoms with Crippen LogP contribution in [0.15, 0.2) is 47.2 Å². The molecule has 7 nitrogen and oxygen atoms in total. The molecule has 5 rings (SSSR count). The van der Waals surface area contributed by atoms with E-state index in [0.717, 1.165) is 45.0 Å². The molecule has 0 bridgehead atoms. The number of nitrogens with two attached hydrogens (primary N) is 1. The van der Waals surface area contributed by atoms with Crippen molar-refractivity contribution in [3.05, 3.63) is 52.9 Å². The van der Waals surface area contributed by atoms with Crippen molar-refractivity contribution in [2.45, 2.75) is 31.6 Å². The Morgan fingerprint density at radius 2 is 2.00 bits per heavy atom. The van der Waals surface area contributed by atoms with Crippen molar-refractivity contribution in [2.24, 2.45) is 5.92 Å². The third kappa shape index (κ3) is 3.11. The van der Waals surface area contributed by atoms with Crippen LogP contribution in [0.3, 0.4) is 0 Å². The van der Waals surface area contributed by atoms with Gasteiger partial charge in [-0.25, -0.2) is 4.98 Å². The lowest BCUT2D eigenvalue weighted by Crippen LogP contribution is -2.21. The highest BCUT2D eigenvalue weighted by Gasteiger charge is 2.30. The van der Waals surface area contributed by atoms with Gasteiger partial charge in [-0.15, -0.1) is 0 Å². The number of carbonyl (C=O) groups is 1. The summed E-state index contributed by atoms with van der Waals surface area (Å²) in [6.07, 6.45) is 6.44. The Bertz CT molecular complexity index is 1280. The molecule has 1 aliphatic rings. The minimum Gasteiger partial charge on any atom is -0.481 e. The van der Waals surface area contributed by atoms with Crippen LogP contribution >= 0.6 is 15.9 Å². The maximum Gasteiger partial charge on any atom is 0.306 e. The first-order valence-corrected chi connectivity index (χ1v) is 10.7. The highest BCUT2D eigenvalue weighted by molar-refractivity contribution is 9.10. The quantitative estimate of drug-likeness (QED) is 0.456. The van der Waals surface area contributed by atoms with Gasteiger partial charge in [0.15, 0.2) is 5.65 Å². The Hall–Kier alpha value is -3.00. The van der Waals surface area contributed by atoms with E-state index in [9.17, 15) is 9.90 Å². The molecule has 0 spiro atoms. The number of nitrogen functional groups attached to an aromatic ring is 1. The van der Waals surface area contributed by atoms with Gasteiger partial charge in [0.2, 0.25) is 0 Å². The Morgan fingerprint density at radius 1 is 1.20 bits per heavy atom. The molecule has 1 saturated carbocycles. The van der Waals surface area contributed by atoms with Crippen molar-refractivity contribution in [1.82, 2.24) is 19.6 Å². The fourth-order valence-corrected chi connectivity index (χ4v) is 4.92. The summed E-state index contributed by atoms with van der Waals surface area (Å²) in [7, 11) is 0. The van der Waals surface area contributed by atoms with Crippen LogP contribution in [0.25, 0.3) is 27.7 Å². The van der Waals surface area contributed by atoms with Crippen LogP contribution in [-0.4, -0.2) is 30.7 Å². The first kappa shape index (κ1) is 19.0. The number of aliphatic carboxylic acids is 1. The second-order valence-electron chi connectivity index (χ2n) is 7.79. The summed E-state index contributed by atoms with van der Waals surface area (Å²) in [5, 5.41) is 14.8. The number of nitrogens with zero attached hydrogens (tertiary/aromatic N) is 4. The minimum absolute atomic E-state index is 0.172. The van der Waals surface area contributed by atoms with Gasteiger partial charge in [-0.3, -0.25) is 9.78 Å². The third-order valence-electron chi connectivity index (χ3n) is 6.03. The first-order chi connectivity index (χ1) is 14.5. The van der Waals surface area contributed by atoms with Gasteiger partial charge in [0.25, 0.3) is 0 Å². The van der Waals surface area contributed by atoms with Gasteiger partial charge in [-0.1, -0.05) is 12.1 Å². The number of hydrogen-bond donors (Lipinski definition) is 2. The molecule has 8 heteroatoms. The number of aromatic nitrogens is 4. The number of rotatable bonds is 3. The molecular weight excluding hydrogens is 446 g/mol. The van der Waals surface area contributed by atoms with Gasteiger partial charge in [-0.05, 0) is 65.4 Å². The smallest absolute Gasteiger partial charge is 0.306 e. The molecule has 0 unspecified atom stereocenters. The van der Waals surface area contributed by atoms with Gasteiger partial charge in [0, 0.05) is 23.1 Å². The summed E-state index contributed by atoms with van der Waals surface area (Å²) >= 11 is 3.61. The number of hydrogen-bond acceptors (Lipinski definition) is 5. The van der Waals surface area contributed by atoms with Gasteiger partial charge in [0.1, 0.15) is 5.82 Å². The number of benzene rings is 1. The van der Waals surface area contributed by atoms with Gasteiger partial charge in [-0.2, -0.15) is 9.61 Å². The average molecular weight is 466 g/mol. The molecule has 3 N–H and O–H groups in total. The van der Waals surface area contributed by atoms with E-state index in [1.807, 2.05) is 24.3 Å². The summed E-state index contributed by atoms with van der Waals surface area (Å²) in [4.78, 5) is 20.6. The SMILES string of the molecule is Nc1c(Br)c([C@H]2CC[C@@H](C(=O)O)CC2)nc2c(-c3ccc4ncccc4c3)cnn12. The predicted molar refractivity (Wildman–Crippen MR) is 118 cm³/mol. The highest BCUT2D eigenvalue weighted by atomic mass is 79.9. The minimum atomic E-state index is -0.709. The molecule has 0 aliphatic heterocycles. The Kier molecular flexibility index (Phi) is 4.66. The van der Waals surface area contributed by atoms with E-state index in [-0.39, 0.29) is 11.8 Å². The van der Waals surface area contributed by atoms with E-state index in [1.54, 1.807) is 16.9 Å². The van der Waals surface area contributed by atoms with E-state index >= 15 is 0 Å². The largest absolute Gasteiger partial charge is 0.481 e. The Labute approximate surface area is 181 Å². The van der Waals surface area contributed by atoms with Crippen LogP contribution in [0.1, 0.15) is 37.3 Å². The zero-order valence-electron chi connectivity index (χ0n) is 16.1. The third-order valence-corrected chi connectivity index (χ3v) is 6.84. The number of halogens is 1. The second kappa shape index (κ2) is 7.36. The molecule has 152 valence electrons. The lowest BCUT2D eigenvalue weighted by molar-refractivity contribution is -0.142. The fourth-order valence-electron chi connectivity index (χ4n) is 4.34. The zero-order chi connectivity index (χ0) is 20.8. The maximum absolute atomic E-state index is 11.3. The monoisotopic (exact) mass is 465 g/mol. The molecule has 30 heavy (non-hydrogen) atoms. The number of anilines is 1. The van der Waals surface area contributed by atoms with Crippen LogP contribution in [0.4, 0.5) is 5.82 Å². The van der Waals surface area contributed by atoms with E-state index in [0.29, 0.717) is 24.3 Å². The standard InChI is InChI=1S/C22H20BrN5O2/c23-18-19(12-3-5-13(6-4-12)22(29)30)27-21-16(11-26-28(21)20(18)24)14-7-8-17-15(10-14)2-1-9-25-17/h1-2,7-13H,3-6,24H2,(H,29,30)/t12-,13+.